The van der Waals surface area contributed by atoms with Gasteiger partial charge in [-0.1, -0.05) is 19.8 Å². The van der Waals surface area contributed by atoms with Crippen LogP contribution in [0.25, 0.3) is 0 Å². The molecule has 106 valence electrons. The minimum absolute atomic E-state index is 0.496. The van der Waals surface area contributed by atoms with E-state index in [1.165, 1.54) is 45.1 Å². The van der Waals surface area contributed by atoms with Gasteiger partial charge in [0.05, 0.1) is 6.10 Å². The average Bonchev–Trinajstić information content (AvgIpc) is 2.84. The van der Waals surface area contributed by atoms with Crippen LogP contribution in [-0.2, 0) is 4.74 Å². The van der Waals surface area contributed by atoms with Crippen LogP contribution in [0, 0.1) is 5.92 Å². The Kier molecular flexibility index (Phi) is 5.93. The Hall–Kier alpha value is -0.120. The van der Waals surface area contributed by atoms with E-state index in [9.17, 15) is 0 Å². The molecule has 0 aromatic heterocycles. The second-order valence-electron chi connectivity index (χ2n) is 6.06. The zero-order chi connectivity index (χ0) is 12.8. The highest BCUT2D eigenvalue weighted by Crippen LogP contribution is 2.25. The molecule has 0 aromatic carbocycles. The van der Waals surface area contributed by atoms with Crippen molar-refractivity contribution in [2.45, 2.75) is 57.6 Å². The van der Waals surface area contributed by atoms with Gasteiger partial charge in [-0.2, -0.15) is 0 Å². The van der Waals surface area contributed by atoms with E-state index in [2.05, 4.69) is 24.2 Å². The number of nitrogens with zero attached hydrogens (tertiary/aromatic N) is 1. The van der Waals surface area contributed by atoms with Gasteiger partial charge in [0.1, 0.15) is 0 Å². The smallest absolute Gasteiger partial charge is 0.0702 e. The summed E-state index contributed by atoms with van der Waals surface area (Å²) in [6, 6.07) is 0.746. The molecule has 0 aromatic rings. The molecule has 0 bridgehead atoms. The third-order valence-corrected chi connectivity index (χ3v) is 4.46. The number of likely N-dealkylation sites (N-methyl/N-ethyl adjacent to an activating group) is 1. The lowest BCUT2D eigenvalue weighted by molar-refractivity contribution is 0.0712. The molecule has 1 saturated carbocycles. The third kappa shape index (κ3) is 4.22. The third-order valence-electron chi connectivity index (χ3n) is 4.46. The van der Waals surface area contributed by atoms with Crippen LogP contribution in [-0.4, -0.2) is 50.3 Å². The standard InChI is InChI=1S/C15H30N2O/c1-3-16-15-9-5-4-7-13(15)11-17(2)12-14-8-6-10-18-14/h13-16H,3-12H2,1-2H3. The first-order chi connectivity index (χ1) is 8.79. The van der Waals surface area contributed by atoms with Crippen LogP contribution < -0.4 is 5.32 Å². The molecule has 2 aliphatic rings. The monoisotopic (exact) mass is 254 g/mol. The van der Waals surface area contributed by atoms with Crippen molar-refractivity contribution in [3.8, 4) is 0 Å². The topological polar surface area (TPSA) is 24.5 Å². The Bertz CT molecular complexity index is 227. The molecule has 1 aliphatic heterocycles. The van der Waals surface area contributed by atoms with Crippen molar-refractivity contribution in [1.82, 2.24) is 10.2 Å². The zero-order valence-electron chi connectivity index (χ0n) is 12.2. The van der Waals surface area contributed by atoms with E-state index in [1.807, 2.05) is 0 Å². The molecule has 18 heavy (non-hydrogen) atoms. The van der Waals surface area contributed by atoms with Crippen LogP contribution in [0.15, 0.2) is 0 Å². The Morgan fingerprint density at radius 3 is 2.67 bits per heavy atom. The lowest BCUT2D eigenvalue weighted by Crippen LogP contribution is -2.44. The molecule has 0 radical (unpaired) electrons. The molecule has 1 saturated heterocycles. The first-order valence-corrected chi connectivity index (χ1v) is 7.83. The maximum absolute atomic E-state index is 5.73. The molecule has 2 fully saturated rings. The molecule has 3 atom stereocenters. The lowest BCUT2D eigenvalue weighted by atomic mass is 9.84. The van der Waals surface area contributed by atoms with Crippen molar-refractivity contribution in [1.29, 1.82) is 0 Å². The summed E-state index contributed by atoms with van der Waals surface area (Å²) in [7, 11) is 2.26. The molecule has 2 rings (SSSR count). The van der Waals surface area contributed by atoms with Gasteiger partial charge in [-0.3, -0.25) is 0 Å². The fraction of sp³-hybridized carbons (Fsp3) is 1.00. The van der Waals surface area contributed by atoms with Gasteiger partial charge in [0.25, 0.3) is 0 Å². The maximum Gasteiger partial charge on any atom is 0.0702 e. The van der Waals surface area contributed by atoms with E-state index < -0.39 is 0 Å². The van der Waals surface area contributed by atoms with Gasteiger partial charge in [-0.05, 0) is 45.2 Å². The Balaban J connectivity index is 1.74. The molecular formula is C15H30N2O. The Labute approximate surface area is 112 Å². The first kappa shape index (κ1) is 14.3. The quantitative estimate of drug-likeness (QED) is 0.787. The molecule has 1 N–H and O–H groups in total. The summed E-state index contributed by atoms with van der Waals surface area (Å²) in [6.07, 6.45) is 8.59. The van der Waals surface area contributed by atoms with E-state index in [4.69, 9.17) is 4.74 Å². The second kappa shape index (κ2) is 7.46. The summed E-state index contributed by atoms with van der Waals surface area (Å²) in [5.41, 5.74) is 0. The largest absolute Gasteiger partial charge is 0.377 e. The van der Waals surface area contributed by atoms with Crippen molar-refractivity contribution in [2.75, 3.05) is 33.3 Å². The van der Waals surface area contributed by atoms with Crippen LogP contribution in [0.3, 0.4) is 0 Å². The highest BCUT2D eigenvalue weighted by atomic mass is 16.5. The highest BCUT2D eigenvalue weighted by Gasteiger charge is 2.26. The van der Waals surface area contributed by atoms with Gasteiger partial charge in [0.2, 0.25) is 0 Å². The Morgan fingerprint density at radius 2 is 1.94 bits per heavy atom. The molecule has 1 heterocycles. The number of nitrogens with one attached hydrogen (secondary N) is 1. The van der Waals surface area contributed by atoms with Gasteiger partial charge < -0.3 is 15.0 Å². The van der Waals surface area contributed by atoms with Crippen LogP contribution in [0.4, 0.5) is 0 Å². The fourth-order valence-corrected chi connectivity index (χ4v) is 3.57. The van der Waals surface area contributed by atoms with Crippen molar-refractivity contribution < 1.29 is 4.74 Å². The van der Waals surface area contributed by atoms with Crippen LogP contribution in [0.2, 0.25) is 0 Å². The molecule has 3 unspecified atom stereocenters. The first-order valence-electron chi connectivity index (χ1n) is 7.83. The van der Waals surface area contributed by atoms with Gasteiger partial charge >= 0.3 is 0 Å². The van der Waals surface area contributed by atoms with Gasteiger partial charge in [-0.15, -0.1) is 0 Å². The fourth-order valence-electron chi connectivity index (χ4n) is 3.57. The highest BCUT2D eigenvalue weighted by molar-refractivity contribution is 4.83. The summed E-state index contributed by atoms with van der Waals surface area (Å²) >= 11 is 0. The minimum atomic E-state index is 0.496. The number of hydrogen-bond acceptors (Lipinski definition) is 3. The SMILES string of the molecule is CCNC1CCCCC1CN(C)CC1CCCO1. The van der Waals surface area contributed by atoms with E-state index in [0.29, 0.717) is 6.10 Å². The van der Waals surface area contributed by atoms with Crippen molar-refractivity contribution in [2.24, 2.45) is 5.92 Å². The zero-order valence-corrected chi connectivity index (χ0v) is 12.2. The van der Waals surface area contributed by atoms with Gasteiger partial charge in [-0.25, -0.2) is 0 Å². The van der Waals surface area contributed by atoms with E-state index >= 15 is 0 Å². The predicted molar refractivity (Wildman–Crippen MR) is 75.9 cm³/mol. The molecular weight excluding hydrogens is 224 g/mol. The van der Waals surface area contributed by atoms with E-state index in [0.717, 1.165) is 31.7 Å². The summed E-state index contributed by atoms with van der Waals surface area (Å²) in [5.74, 6) is 0.838. The molecule has 0 spiro atoms. The van der Waals surface area contributed by atoms with E-state index in [1.54, 1.807) is 0 Å². The number of ether oxygens (including phenoxy) is 1. The van der Waals surface area contributed by atoms with Crippen molar-refractivity contribution in [3.63, 3.8) is 0 Å². The normalized spacial score (nSPS) is 33.2. The number of hydrogen-bond donors (Lipinski definition) is 1. The van der Waals surface area contributed by atoms with Crippen molar-refractivity contribution >= 4 is 0 Å². The Morgan fingerprint density at radius 1 is 1.11 bits per heavy atom. The number of rotatable bonds is 6. The predicted octanol–water partition coefficient (Wildman–Crippen LogP) is 2.27. The lowest BCUT2D eigenvalue weighted by Gasteiger charge is -2.35. The van der Waals surface area contributed by atoms with E-state index in [-0.39, 0.29) is 0 Å². The second-order valence-corrected chi connectivity index (χ2v) is 6.06. The summed E-state index contributed by atoms with van der Waals surface area (Å²) < 4.78 is 5.73. The van der Waals surface area contributed by atoms with Gasteiger partial charge in [0, 0.05) is 25.7 Å². The molecule has 1 aliphatic carbocycles. The minimum Gasteiger partial charge on any atom is -0.377 e. The van der Waals surface area contributed by atoms with Crippen LogP contribution >= 0.6 is 0 Å². The molecule has 3 heteroatoms. The van der Waals surface area contributed by atoms with Crippen LogP contribution in [0.1, 0.15) is 45.4 Å². The summed E-state index contributed by atoms with van der Waals surface area (Å²) in [5, 5.41) is 3.68. The summed E-state index contributed by atoms with van der Waals surface area (Å²) in [4.78, 5) is 2.50. The van der Waals surface area contributed by atoms with Crippen LogP contribution in [0.5, 0.6) is 0 Å². The maximum atomic E-state index is 5.73. The average molecular weight is 254 g/mol. The van der Waals surface area contributed by atoms with Crippen molar-refractivity contribution in [3.05, 3.63) is 0 Å². The summed E-state index contributed by atoms with van der Waals surface area (Å²) in [6.45, 7) is 6.66. The molecule has 0 amide bonds. The molecule has 3 nitrogen and oxygen atoms in total. The van der Waals surface area contributed by atoms with Gasteiger partial charge in [0.15, 0.2) is 0 Å².